The maximum absolute atomic E-state index is 12.2. The zero-order valence-electron chi connectivity index (χ0n) is 14.4. The van der Waals surface area contributed by atoms with Crippen LogP contribution in [0.3, 0.4) is 0 Å². The Morgan fingerprint density at radius 3 is 2.41 bits per heavy atom. The van der Waals surface area contributed by atoms with Crippen LogP contribution >= 0.6 is 0 Å². The van der Waals surface area contributed by atoms with E-state index in [-0.39, 0.29) is 11.5 Å². The maximum atomic E-state index is 12.2. The SMILES string of the molecule is Cc1occc1C(=O)NNC(=O)c1cccc(NC(=O)c2cccnc2)c1. The summed E-state index contributed by atoms with van der Waals surface area (Å²) in [5.74, 6) is -0.913. The molecule has 0 saturated heterocycles. The molecule has 0 spiro atoms. The van der Waals surface area contributed by atoms with Crippen molar-refractivity contribution in [3.63, 3.8) is 0 Å². The summed E-state index contributed by atoms with van der Waals surface area (Å²) in [5, 5.41) is 2.69. The molecule has 0 radical (unpaired) electrons. The smallest absolute Gasteiger partial charge is 0.273 e. The number of benzene rings is 1. The van der Waals surface area contributed by atoms with Gasteiger partial charge in [0.05, 0.1) is 17.4 Å². The number of pyridine rings is 1. The van der Waals surface area contributed by atoms with E-state index >= 15 is 0 Å². The van der Waals surface area contributed by atoms with Crippen LogP contribution in [0.2, 0.25) is 0 Å². The molecule has 3 amide bonds. The summed E-state index contributed by atoms with van der Waals surface area (Å²) in [6.45, 7) is 1.64. The first-order valence-corrected chi connectivity index (χ1v) is 8.01. The monoisotopic (exact) mass is 364 g/mol. The number of carbonyl (C=O) groups is 3. The van der Waals surface area contributed by atoms with E-state index in [2.05, 4.69) is 21.2 Å². The summed E-state index contributed by atoms with van der Waals surface area (Å²) in [5.41, 5.74) is 6.07. The van der Waals surface area contributed by atoms with E-state index in [4.69, 9.17) is 4.42 Å². The Labute approximate surface area is 154 Å². The summed E-state index contributed by atoms with van der Waals surface area (Å²) < 4.78 is 5.05. The lowest BCUT2D eigenvalue weighted by Gasteiger charge is -2.09. The molecule has 8 heteroatoms. The van der Waals surface area contributed by atoms with Crippen LogP contribution < -0.4 is 16.2 Å². The van der Waals surface area contributed by atoms with Crippen LogP contribution in [0.1, 0.15) is 36.8 Å². The molecule has 8 nitrogen and oxygen atoms in total. The van der Waals surface area contributed by atoms with Crippen LogP contribution in [0.25, 0.3) is 0 Å². The molecule has 2 heterocycles. The number of hydrogen-bond acceptors (Lipinski definition) is 5. The number of aromatic nitrogens is 1. The highest BCUT2D eigenvalue weighted by Crippen LogP contribution is 2.12. The third-order valence-electron chi connectivity index (χ3n) is 3.70. The number of hydrazine groups is 1. The standard InChI is InChI=1S/C19H16N4O4/c1-12-16(7-9-27-12)19(26)23-22-18(25)13-4-2-6-15(10-13)21-17(24)14-5-3-8-20-11-14/h2-11H,1H3,(H,21,24)(H,22,25)(H,23,26). The van der Waals surface area contributed by atoms with Crippen molar-refractivity contribution >= 4 is 23.4 Å². The Morgan fingerprint density at radius 2 is 1.70 bits per heavy atom. The highest BCUT2D eigenvalue weighted by molar-refractivity contribution is 6.05. The molecule has 0 fully saturated rings. The number of furan rings is 1. The summed E-state index contributed by atoms with van der Waals surface area (Å²) in [6.07, 6.45) is 4.40. The quantitative estimate of drug-likeness (QED) is 0.615. The predicted molar refractivity (Wildman–Crippen MR) is 97.0 cm³/mol. The van der Waals surface area contributed by atoms with Crippen molar-refractivity contribution in [2.75, 3.05) is 5.32 Å². The molecule has 3 N–H and O–H groups in total. The average molecular weight is 364 g/mol. The second kappa shape index (κ2) is 7.96. The molecule has 0 aliphatic heterocycles. The predicted octanol–water partition coefficient (Wildman–Crippen LogP) is 2.31. The van der Waals surface area contributed by atoms with E-state index < -0.39 is 11.8 Å². The van der Waals surface area contributed by atoms with Crippen LogP contribution in [-0.2, 0) is 0 Å². The molecule has 0 aliphatic rings. The average Bonchev–Trinajstić information content (AvgIpc) is 3.12. The largest absolute Gasteiger partial charge is 0.469 e. The van der Waals surface area contributed by atoms with Crippen molar-refractivity contribution < 1.29 is 18.8 Å². The first kappa shape index (κ1) is 17.9. The van der Waals surface area contributed by atoms with Crippen molar-refractivity contribution in [2.45, 2.75) is 6.92 Å². The van der Waals surface area contributed by atoms with Gasteiger partial charge in [-0.25, -0.2) is 0 Å². The van der Waals surface area contributed by atoms with Crippen LogP contribution in [0.5, 0.6) is 0 Å². The van der Waals surface area contributed by atoms with E-state index in [0.717, 1.165) is 0 Å². The summed E-state index contributed by atoms with van der Waals surface area (Å²) in [4.78, 5) is 40.3. The summed E-state index contributed by atoms with van der Waals surface area (Å²) in [6, 6.07) is 11.1. The highest BCUT2D eigenvalue weighted by Gasteiger charge is 2.13. The molecule has 0 unspecified atom stereocenters. The van der Waals surface area contributed by atoms with Gasteiger partial charge < -0.3 is 9.73 Å². The second-order valence-corrected chi connectivity index (χ2v) is 5.58. The van der Waals surface area contributed by atoms with Gasteiger partial charge in [-0.05, 0) is 43.3 Å². The topological polar surface area (TPSA) is 113 Å². The number of carbonyl (C=O) groups excluding carboxylic acids is 3. The van der Waals surface area contributed by atoms with E-state index in [9.17, 15) is 14.4 Å². The van der Waals surface area contributed by atoms with Crippen molar-refractivity contribution in [3.05, 3.63) is 83.6 Å². The second-order valence-electron chi connectivity index (χ2n) is 5.58. The molecule has 3 aromatic rings. The Hall–Kier alpha value is -3.94. The Kier molecular flexibility index (Phi) is 5.27. The first-order valence-electron chi connectivity index (χ1n) is 8.01. The van der Waals surface area contributed by atoms with Crippen LogP contribution in [-0.4, -0.2) is 22.7 Å². The van der Waals surface area contributed by atoms with Gasteiger partial charge in [-0.1, -0.05) is 6.07 Å². The van der Waals surface area contributed by atoms with Gasteiger partial charge >= 0.3 is 0 Å². The van der Waals surface area contributed by atoms with Gasteiger partial charge in [0, 0.05) is 23.6 Å². The van der Waals surface area contributed by atoms with Crippen molar-refractivity contribution in [3.8, 4) is 0 Å². The Morgan fingerprint density at radius 1 is 0.926 bits per heavy atom. The number of rotatable bonds is 4. The van der Waals surface area contributed by atoms with Gasteiger partial charge in [0.15, 0.2) is 0 Å². The third kappa shape index (κ3) is 4.37. The van der Waals surface area contributed by atoms with Gasteiger partial charge in [0.1, 0.15) is 5.76 Å². The summed E-state index contributed by atoms with van der Waals surface area (Å²) in [7, 11) is 0. The van der Waals surface area contributed by atoms with E-state index in [0.29, 0.717) is 22.6 Å². The molecule has 0 aliphatic carbocycles. The van der Waals surface area contributed by atoms with Crippen LogP contribution in [0.15, 0.2) is 65.5 Å². The summed E-state index contributed by atoms with van der Waals surface area (Å²) >= 11 is 0. The fourth-order valence-corrected chi connectivity index (χ4v) is 2.31. The minimum Gasteiger partial charge on any atom is -0.469 e. The van der Waals surface area contributed by atoms with Gasteiger partial charge in [-0.2, -0.15) is 0 Å². The molecule has 1 aromatic carbocycles. The molecular weight excluding hydrogens is 348 g/mol. The zero-order valence-corrected chi connectivity index (χ0v) is 14.4. The van der Waals surface area contributed by atoms with Crippen molar-refractivity contribution in [1.82, 2.24) is 15.8 Å². The number of nitrogens with zero attached hydrogens (tertiary/aromatic N) is 1. The van der Waals surface area contributed by atoms with E-state index in [1.165, 1.54) is 24.6 Å². The Balaban J connectivity index is 1.62. The zero-order chi connectivity index (χ0) is 19.2. The molecular formula is C19H16N4O4. The first-order chi connectivity index (χ1) is 13.0. The molecule has 0 saturated carbocycles. The number of nitrogens with one attached hydrogen (secondary N) is 3. The Bertz CT molecular complexity index is 982. The number of aryl methyl sites for hydroxylation is 1. The number of hydrogen-bond donors (Lipinski definition) is 3. The highest BCUT2D eigenvalue weighted by atomic mass is 16.3. The van der Waals surface area contributed by atoms with E-state index in [1.807, 2.05) is 0 Å². The van der Waals surface area contributed by atoms with Gasteiger partial charge in [0.25, 0.3) is 17.7 Å². The van der Waals surface area contributed by atoms with Gasteiger partial charge in [0.2, 0.25) is 0 Å². The lowest BCUT2D eigenvalue weighted by molar-refractivity contribution is 0.0845. The van der Waals surface area contributed by atoms with Gasteiger partial charge in [-0.3, -0.25) is 30.2 Å². The number of amides is 3. The van der Waals surface area contributed by atoms with Crippen molar-refractivity contribution in [1.29, 1.82) is 0 Å². The van der Waals surface area contributed by atoms with Crippen LogP contribution in [0, 0.1) is 6.92 Å². The van der Waals surface area contributed by atoms with Crippen molar-refractivity contribution in [2.24, 2.45) is 0 Å². The molecule has 136 valence electrons. The van der Waals surface area contributed by atoms with Crippen LogP contribution in [0.4, 0.5) is 5.69 Å². The fraction of sp³-hybridized carbons (Fsp3) is 0.0526. The lowest BCUT2D eigenvalue weighted by Crippen LogP contribution is -2.41. The normalized spacial score (nSPS) is 10.1. The minimum atomic E-state index is -0.526. The number of anilines is 1. The lowest BCUT2D eigenvalue weighted by atomic mass is 10.2. The third-order valence-corrected chi connectivity index (χ3v) is 3.70. The van der Waals surface area contributed by atoms with Gasteiger partial charge in [-0.15, -0.1) is 0 Å². The molecule has 27 heavy (non-hydrogen) atoms. The maximum Gasteiger partial charge on any atom is 0.273 e. The van der Waals surface area contributed by atoms with E-state index in [1.54, 1.807) is 43.5 Å². The fourth-order valence-electron chi connectivity index (χ4n) is 2.31. The molecule has 0 atom stereocenters. The molecule has 3 rings (SSSR count). The minimum absolute atomic E-state index is 0.267. The molecule has 0 bridgehead atoms. The molecule has 2 aromatic heterocycles.